The summed E-state index contributed by atoms with van der Waals surface area (Å²) < 4.78 is 26.9. The highest BCUT2D eigenvalue weighted by molar-refractivity contribution is 7.91. The Hall–Kier alpha value is -1.87. The molecule has 2 rings (SSSR count). The molecule has 0 aliphatic carbocycles. The largest absolute Gasteiger partial charge is 0.488 e. The number of hydrogen-bond acceptors (Lipinski definition) is 5. The zero-order chi connectivity index (χ0) is 16.2. The van der Waals surface area contributed by atoms with Crippen LogP contribution in [0.1, 0.15) is 11.1 Å². The van der Waals surface area contributed by atoms with Gasteiger partial charge in [-0.3, -0.25) is 4.72 Å². The maximum atomic E-state index is 12.2. The fourth-order valence-electron chi connectivity index (χ4n) is 2.04. The van der Waals surface area contributed by atoms with Gasteiger partial charge in [-0.05, 0) is 28.7 Å². The van der Waals surface area contributed by atoms with E-state index < -0.39 is 17.1 Å². The van der Waals surface area contributed by atoms with E-state index in [0.29, 0.717) is 11.3 Å². The lowest BCUT2D eigenvalue weighted by atomic mass is 9.80. The minimum absolute atomic E-state index is 0.176. The first-order valence-corrected chi connectivity index (χ1v) is 8.30. The molecule has 0 radical (unpaired) electrons. The Morgan fingerprint density at radius 2 is 1.59 bits per heavy atom. The number of sulfonamides is 1. The minimum atomic E-state index is -3.58. The van der Waals surface area contributed by atoms with Gasteiger partial charge >= 0.3 is 7.12 Å². The number of nitrogens with one attached hydrogen (secondary N) is 1. The van der Waals surface area contributed by atoms with Crippen molar-refractivity contribution in [3.05, 3.63) is 59.7 Å². The molecule has 22 heavy (non-hydrogen) atoms. The van der Waals surface area contributed by atoms with Gasteiger partial charge < -0.3 is 15.8 Å². The molecule has 2 aromatic rings. The second-order valence-electron chi connectivity index (χ2n) is 4.83. The lowest BCUT2D eigenvalue weighted by Crippen LogP contribution is -2.29. The highest BCUT2D eigenvalue weighted by Crippen LogP contribution is 2.15. The van der Waals surface area contributed by atoms with Gasteiger partial charge in [-0.2, -0.15) is 0 Å². The number of benzene rings is 2. The normalized spacial score (nSPS) is 11.2. The third-order valence-electron chi connectivity index (χ3n) is 3.17. The van der Waals surface area contributed by atoms with Crippen LogP contribution in [0.4, 0.5) is 5.69 Å². The van der Waals surface area contributed by atoms with Crippen LogP contribution in [0.2, 0.25) is 0 Å². The molecule has 0 aliphatic heterocycles. The summed E-state index contributed by atoms with van der Waals surface area (Å²) in [5, 5.41) is 18.0. The van der Waals surface area contributed by atoms with Crippen LogP contribution >= 0.6 is 0 Å². The van der Waals surface area contributed by atoms with E-state index in [0.717, 1.165) is 5.56 Å². The van der Waals surface area contributed by atoms with Gasteiger partial charge in [-0.1, -0.05) is 36.4 Å². The number of rotatable bonds is 6. The van der Waals surface area contributed by atoms with E-state index in [-0.39, 0.29) is 17.8 Å². The van der Waals surface area contributed by atoms with E-state index in [1.54, 1.807) is 18.2 Å². The molecule has 0 spiro atoms. The number of anilines is 1. The molecule has 0 saturated heterocycles. The fraction of sp³-hybridized carbons (Fsp3) is 0.143. The molecular formula is C14H17BN2O4S. The van der Waals surface area contributed by atoms with Crippen molar-refractivity contribution in [3.63, 3.8) is 0 Å². The summed E-state index contributed by atoms with van der Waals surface area (Å²) in [4.78, 5) is 0. The summed E-state index contributed by atoms with van der Waals surface area (Å²) in [6.07, 6.45) is 0. The standard InChI is InChI=1S/C14H17BN2O4S/c16-9-11-3-1-2-4-12(11)10-22(20,21)17-14-7-5-13(6-8-14)15(18)19/h1-8,17-19H,9-10,16H2. The van der Waals surface area contributed by atoms with Crippen molar-refractivity contribution in [2.24, 2.45) is 5.73 Å². The van der Waals surface area contributed by atoms with E-state index in [9.17, 15) is 8.42 Å². The van der Waals surface area contributed by atoms with Crippen molar-refractivity contribution >= 4 is 28.3 Å². The summed E-state index contributed by atoms with van der Waals surface area (Å²) in [6.45, 7) is 0.273. The molecular weight excluding hydrogens is 303 g/mol. The maximum Gasteiger partial charge on any atom is 0.488 e. The van der Waals surface area contributed by atoms with Crippen LogP contribution in [0.5, 0.6) is 0 Å². The summed E-state index contributed by atoms with van der Waals surface area (Å²) in [6, 6.07) is 12.9. The molecule has 0 saturated carbocycles. The maximum absolute atomic E-state index is 12.2. The summed E-state index contributed by atoms with van der Waals surface area (Å²) in [7, 11) is -5.17. The molecule has 6 nitrogen and oxygen atoms in total. The summed E-state index contributed by atoms with van der Waals surface area (Å²) in [5.74, 6) is -0.176. The van der Waals surface area contributed by atoms with Crippen molar-refractivity contribution in [3.8, 4) is 0 Å². The Labute approximate surface area is 129 Å². The van der Waals surface area contributed by atoms with Crippen LogP contribution in [0.15, 0.2) is 48.5 Å². The third kappa shape index (κ3) is 4.31. The zero-order valence-corrected chi connectivity index (χ0v) is 12.6. The molecule has 5 N–H and O–H groups in total. The van der Waals surface area contributed by atoms with E-state index in [1.807, 2.05) is 6.07 Å². The van der Waals surface area contributed by atoms with Gasteiger partial charge in [0.1, 0.15) is 0 Å². The van der Waals surface area contributed by atoms with E-state index >= 15 is 0 Å². The Morgan fingerprint density at radius 3 is 2.14 bits per heavy atom. The van der Waals surface area contributed by atoms with Crippen LogP contribution in [-0.2, 0) is 22.3 Å². The fourth-order valence-corrected chi connectivity index (χ4v) is 3.30. The van der Waals surface area contributed by atoms with Crippen molar-refractivity contribution in [1.29, 1.82) is 0 Å². The summed E-state index contributed by atoms with van der Waals surface area (Å²) >= 11 is 0. The molecule has 0 fully saturated rings. The molecule has 0 unspecified atom stereocenters. The second kappa shape index (κ2) is 6.93. The van der Waals surface area contributed by atoms with Crippen molar-refractivity contribution in [2.75, 3.05) is 4.72 Å². The molecule has 2 aromatic carbocycles. The first-order valence-electron chi connectivity index (χ1n) is 6.65. The molecule has 0 aliphatic rings. The molecule has 0 atom stereocenters. The number of hydrogen-bond donors (Lipinski definition) is 4. The molecule has 8 heteroatoms. The molecule has 0 aromatic heterocycles. The van der Waals surface area contributed by atoms with Gasteiger partial charge in [0.15, 0.2) is 0 Å². The first-order chi connectivity index (χ1) is 10.4. The average molecular weight is 320 g/mol. The zero-order valence-electron chi connectivity index (χ0n) is 11.8. The Morgan fingerprint density at radius 1 is 1.00 bits per heavy atom. The van der Waals surface area contributed by atoms with E-state index in [1.165, 1.54) is 24.3 Å². The second-order valence-corrected chi connectivity index (χ2v) is 6.55. The van der Waals surface area contributed by atoms with Crippen LogP contribution in [0.25, 0.3) is 0 Å². The van der Waals surface area contributed by atoms with E-state index in [2.05, 4.69) is 4.72 Å². The highest BCUT2D eigenvalue weighted by Gasteiger charge is 2.15. The van der Waals surface area contributed by atoms with Gasteiger partial charge in [0.25, 0.3) is 0 Å². The summed E-state index contributed by atoms with van der Waals surface area (Å²) in [5.41, 5.74) is 7.69. The molecule has 0 bridgehead atoms. The third-order valence-corrected chi connectivity index (χ3v) is 4.40. The Balaban J connectivity index is 2.14. The predicted octanol–water partition coefficient (Wildman–Crippen LogP) is -0.233. The van der Waals surface area contributed by atoms with Crippen molar-refractivity contribution < 1.29 is 18.5 Å². The lowest BCUT2D eigenvalue weighted by Gasteiger charge is -2.11. The minimum Gasteiger partial charge on any atom is -0.423 e. The van der Waals surface area contributed by atoms with Gasteiger partial charge in [-0.25, -0.2) is 8.42 Å². The van der Waals surface area contributed by atoms with E-state index in [4.69, 9.17) is 15.8 Å². The topological polar surface area (TPSA) is 113 Å². The lowest BCUT2D eigenvalue weighted by molar-refractivity contribution is 0.426. The van der Waals surface area contributed by atoms with Gasteiger partial charge in [0.05, 0.1) is 5.75 Å². The predicted molar refractivity (Wildman–Crippen MR) is 86.8 cm³/mol. The molecule has 0 amide bonds. The van der Waals surface area contributed by atoms with Crippen LogP contribution in [0, 0.1) is 0 Å². The van der Waals surface area contributed by atoms with Gasteiger partial charge in [0, 0.05) is 12.2 Å². The highest BCUT2D eigenvalue weighted by atomic mass is 32.2. The van der Waals surface area contributed by atoms with Crippen LogP contribution in [0.3, 0.4) is 0 Å². The SMILES string of the molecule is NCc1ccccc1CS(=O)(=O)Nc1ccc(B(O)O)cc1. The average Bonchev–Trinajstić information content (AvgIpc) is 2.47. The van der Waals surface area contributed by atoms with Gasteiger partial charge in [0.2, 0.25) is 10.0 Å². The van der Waals surface area contributed by atoms with Crippen LogP contribution < -0.4 is 15.9 Å². The first kappa shape index (κ1) is 16.5. The van der Waals surface area contributed by atoms with Gasteiger partial charge in [-0.15, -0.1) is 0 Å². The quantitative estimate of drug-likeness (QED) is 0.549. The van der Waals surface area contributed by atoms with Crippen molar-refractivity contribution in [1.82, 2.24) is 0 Å². The molecule has 0 heterocycles. The molecule has 116 valence electrons. The smallest absolute Gasteiger partial charge is 0.423 e. The van der Waals surface area contributed by atoms with Crippen LogP contribution in [-0.4, -0.2) is 25.6 Å². The monoisotopic (exact) mass is 320 g/mol. The number of nitrogens with two attached hydrogens (primary N) is 1. The van der Waals surface area contributed by atoms with Crippen molar-refractivity contribution in [2.45, 2.75) is 12.3 Å². The Bertz CT molecular complexity index is 733. The Kier molecular flexibility index (Phi) is 5.20.